The van der Waals surface area contributed by atoms with Crippen molar-refractivity contribution in [2.45, 2.75) is 17.7 Å². The Kier molecular flexibility index (Phi) is 6.16. The van der Waals surface area contributed by atoms with Crippen molar-refractivity contribution in [2.24, 2.45) is 0 Å². The number of hydrogen-bond donors (Lipinski definition) is 1. The van der Waals surface area contributed by atoms with Gasteiger partial charge in [0.2, 0.25) is 0 Å². The van der Waals surface area contributed by atoms with Crippen molar-refractivity contribution in [1.29, 1.82) is 0 Å². The second-order valence-corrected chi connectivity index (χ2v) is 9.55. The highest BCUT2D eigenvalue weighted by Crippen LogP contribution is 2.35. The van der Waals surface area contributed by atoms with Gasteiger partial charge in [0.1, 0.15) is 5.75 Å². The molecule has 2 heterocycles. The lowest BCUT2D eigenvalue weighted by Gasteiger charge is -2.15. The van der Waals surface area contributed by atoms with Gasteiger partial charge in [0, 0.05) is 22.9 Å². The van der Waals surface area contributed by atoms with Gasteiger partial charge in [-0.15, -0.1) is 11.3 Å². The highest BCUT2D eigenvalue weighted by atomic mass is 35.5. The van der Waals surface area contributed by atoms with Gasteiger partial charge in [-0.05, 0) is 84.9 Å². The molecule has 0 unspecified atom stereocenters. The lowest BCUT2D eigenvalue weighted by Crippen LogP contribution is -2.20. The van der Waals surface area contributed by atoms with Crippen LogP contribution in [0.15, 0.2) is 53.4 Å². The summed E-state index contributed by atoms with van der Waals surface area (Å²) in [4.78, 5) is 4.73. The van der Waals surface area contributed by atoms with E-state index in [9.17, 15) is 0 Å². The molecule has 6 heteroatoms. The van der Waals surface area contributed by atoms with Gasteiger partial charge in [-0.25, -0.2) is 0 Å². The number of thiophene rings is 1. The molecule has 1 aliphatic heterocycles. The van der Waals surface area contributed by atoms with Crippen LogP contribution in [-0.4, -0.2) is 32.1 Å². The first-order valence-corrected chi connectivity index (χ1v) is 11.3. The van der Waals surface area contributed by atoms with E-state index in [-0.39, 0.29) is 0 Å². The predicted octanol–water partition coefficient (Wildman–Crippen LogP) is 6.23. The highest BCUT2D eigenvalue weighted by Gasteiger charge is 2.15. The van der Waals surface area contributed by atoms with Crippen LogP contribution in [-0.2, 0) is 12.8 Å². The Morgan fingerprint density at radius 2 is 1.75 bits per heavy atom. The molecule has 0 saturated heterocycles. The molecule has 0 bridgehead atoms. The zero-order valence-electron chi connectivity index (χ0n) is 16.0. The SMILES string of the molecule is COc1cc2c(cc1NSc1ccc(-c3ccc(Cl)s3)cc1)CCN(C)CC2. The lowest BCUT2D eigenvalue weighted by molar-refractivity contribution is 0.352. The van der Waals surface area contributed by atoms with E-state index in [0.29, 0.717) is 0 Å². The van der Waals surface area contributed by atoms with Gasteiger partial charge >= 0.3 is 0 Å². The van der Waals surface area contributed by atoms with Crippen molar-refractivity contribution < 1.29 is 4.74 Å². The van der Waals surface area contributed by atoms with E-state index < -0.39 is 0 Å². The Labute approximate surface area is 179 Å². The predicted molar refractivity (Wildman–Crippen MR) is 122 cm³/mol. The van der Waals surface area contributed by atoms with Crippen LogP contribution in [0.4, 0.5) is 5.69 Å². The van der Waals surface area contributed by atoms with Gasteiger partial charge in [-0.2, -0.15) is 0 Å². The van der Waals surface area contributed by atoms with Gasteiger partial charge in [-0.3, -0.25) is 0 Å². The van der Waals surface area contributed by atoms with Crippen molar-refractivity contribution >= 4 is 40.6 Å². The summed E-state index contributed by atoms with van der Waals surface area (Å²) >= 11 is 9.25. The number of fused-ring (bicyclic) bond motifs is 1. The second-order valence-electron chi connectivity index (χ2n) is 6.96. The van der Waals surface area contributed by atoms with Gasteiger partial charge < -0.3 is 14.4 Å². The number of ether oxygens (including phenoxy) is 1. The maximum atomic E-state index is 6.05. The Hall–Kier alpha value is -1.66. The molecule has 3 aromatic rings. The zero-order chi connectivity index (χ0) is 19.5. The molecule has 1 N–H and O–H groups in total. The molecule has 1 aromatic heterocycles. The van der Waals surface area contributed by atoms with Gasteiger partial charge in [0.15, 0.2) is 0 Å². The molecule has 0 fully saturated rings. The quantitative estimate of drug-likeness (QED) is 0.485. The number of methoxy groups -OCH3 is 1. The third-order valence-electron chi connectivity index (χ3n) is 5.04. The van der Waals surface area contributed by atoms with Crippen LogP contribution < -0.4 is 9.46 Å². The summed E-state index contributed by atoms with van der Waals surface area (Å²) < 4.78 is 9.95. The van der Waals surface area contributed by atoms with Crippen LogP contribution >= 0.6 is 34.9 Å². The number of halogens is 1. The fraction of sp³-hybridized carbons (Fsp3) is 0.273. The van der Waals surface area contributed by atoms with Crippen molar-refractivity contribution in [2.75, 3.05) is 32.0 Å². The molecule has 0 atom stereocenters. The number of rotatable bonds is 5. The van der Waals surface area contributed by atoms with E-state index in [4.69, 9.17) is 16.3 Å². The molecule has 1 aliphatic rings. The monoisotopic (exact) mass is 430 g/mol. The number of nitrogens with zero attached hydrogens (tertiary/aromatic N) is 1. The largest absolute Gasteiger partial charge is 0.495 e. The summed E-state index contributed by atoms with van der Waals surface area (Å²) in [7, 11) is 3.92. The molecule has 2 aromatic carbocycles. The summed E-state index contributed by atoms with van der Waals surface area (Å²) in [6.07, 6.45) is 2.15. The summed E-state index contributed by atoms with van der Waals surface area (Å²) in [5, 5.41) is 0. The van der Waals surface area contributed by atoms with E-state index in [1.165, 1.54) is 21.6 Å². The Morgan fingerprint density at radius 1 is 1.04 bits per heavy atom. The number of benzene rings is 2. The molecule has 28 heavy (non-hydrogen) atoms. The Balaban J connectivity index is 1.48. The summed E-state index contributed by atoms with van der Waals surface area (Å²) in [5.74, 6) is 0.903. The molecule has 146 valence electrons. The minimum absolute atomic E-state index is 0.816. The van der Waals surface area contributed by atoms with Crippen LogP contribution in [0.3, 0.4) is 0 Å². The fourth-order valence-corrected chi connectivity index (χ4v) is 5.09. The van der Waals surface area contributed by atoms with Crippen molar-refractivity contribution in [3.63, 3.8) is 0 Å². The van der Waals surface area contributed by atoms with Crippen LogP contribution in [0.5, 0.6) is 5.75 Å². The van der Waals surface area contributed by atoms with E-state index in [2.05, 4.69) is 59.1 Å². The van der Waals surface area contributed by atoms with E-state index in [0.717, 1.165) is 46.6 Å². The number of anilines is 1. The Bertz CT molecular complexity index is 956. The van der Waals surface area contributed by atoms with Crippen LogP contribution in [0.2, 0.25) is 4.34 Å². The normalized spacial score (nSPS) is 14.4. The average Bonchev–Trinajstić information content (AvgIpc) is 3.07. The van der Waals surface area contributed by atoms with Crippen molar-refractivity contribution in [3.8, 4) is 16.2 Å². The van der Waals surface area contributed by atoms with E-state index in [1.54, 1.807) is 30.4 Å². The topological polar surface area (TPSA) is 24.5 Å². The molecule has 0 spiro atoms. The minimum atomic E-state index is 0.816. The minimum Gasteiger partial charge on any atom is -0.495 e. The van der Waals surface area contributed by atoms with E-state index >= 15 is 0 Å². The second kappa shape index (κ2) is 8.78. The molecule has 0 saturated carbocycles. The molecule has 0 amide bonds. The maximum absolute atomic E-state index is 6.05. The van der Waals surface area contributed by atoms with Crippen molar-refractivity contribution in [3.05, 3.63) is 64.0 Å². The summed E-state index contributed by atoms with van der Waals surface area (Å²) in [6, 6.07) is 17.0. The number of likely N-dealkylation sites (N-methyl/N-ethyl adjacent to an activating group) is 1. The first kappa shape index (κ1) is 19.6. The maximum Gasteiger partial charge on any atom is 0.143 e. The standard InChI is InChI=1S/C22H23ClN2OS2/c1-25-11-9-16-13-19(20(26-2)14-17(16)10-12-25)24-28-18-5-3-15(4-6-18)21-7-8-22(23)27-21/h3-8,13-14,24H,9-12H2,1-2H3. The first-order valence-electron chi connectivity index (χ1n) is 9.29. The molecular weight excluding hydrogens is 408 g/mol. The Morgan fingerprint density at radius 3 is 2.39 bits per heavy atom. The van der Waals surface area contributed by atoms with E-state index in [1.807, 2.05) is 6.07 Å². The third-order valence-corrected chi connectivity index (χ3v) is 7.15. The number of hydrogen-bond acceptors (Lipinski definition) is 5. The molecular formula is C22H23ClN2OS2. The smallest absolute Gasteiger partial charge is 0.143 e. The van der Waals surface area contributed by atoms with Crippen molar-refractivity contribution in [1.82, 2.24) is 4.90 Å². The molecule has 0 aliphatic carbocycles. The average molecular weight is 431 g/mol. The number of nitrogens with one attached hydrogen (secondary N) is 1. The fourth-order valence-electron chi connectivity index (χ4n) is 3.39. The lowest BCUT2D eigenvalue weighted by atomic mass is 10.0. The third kappa shape index (κ3) is 4.49. The summed E-state index contributed by atoms with van der Waals surface area (Å²) in [6.45, 7) is 2.19. The van der Waals surface area contributed by atoms with Gasteiger partial charge in [0.05, 0.1) is 17.1 Å². The highest BCUT2D eigenvalue weighted by molar-refractivity contribution is 8.00. The summed E-state index contributed by atoms with van der Waals surface area (Å²) in [5.41, 5.74) is 5.03. The van der Waals surface area contributed by atoms with Crippen LogP contribution in [0.25, 0.3) is 10.4 Å². The van der Waals surface area contributed by atoms with Crippen LogP contribution in [0, 0.1) is 0 Å². The van der Waals surface area contributed by atoms with Gasteiger partial charge in [0.25, 0.3) is 0 Å². The first-order chi connectivity index (χ1) is 13.6. The van der Waals surface area contributed by atoms with Crippen LogP contribution in [0.1, 0.15) is 11.1 Å². The molecule has 3 nitrogen and oxygen atoms in total. The molecule has 0 radical (unpaired) electrons. The van der Waals surface area contributed by atoms with Gasteiger partial charge in [-0.1, -0.05) is 23.7 Å². The molecule has 4 rings (SSSR count). The zero-order valence-corrected chi connectivity index (χ0v) is 18.4.